The van der Waals surface area contributed by atoms with E-state index in [9.17, 15) is 4.79 Å². The number of nitrogens with one attached hydrogen (secondary N) is 1. The van der Waals surface area contributed by atoms with Crippen molar-refractivity contribution in [1.82, 2.24) is 5.32 Å². The molecule has 1 aliphatic rings. The molecule has 0 saturated carbocycles. The predicted octanol–water partition coefficient (Wildman–Crippen LogP) is 0.972. The number of hydrogen-bond donors (Lipinski definition) is 2. The molecule has 1 amide bonds. The van der Waals surface area contributed by atoms with Crippen LogP contribution in [0.2, 0.25) is 0 Å². The number of rotatable bonds is 2. The maximum absolute atomic E-state index is 11.2. The van der Waals surface area contributed by atoms with E-state index in [4.69, 9.17) is 5.73 Å². The minimum absolute atomic E-state index is 0.0845. The van der Waals surface area contributed by atoms with E-state index in [1.54, 1.807) is 30.7 Å². The second kappa shape index (κ2) is 3.96. The summed E-state index contributed by atoms with van der Waals surface area (Å²) < 4.78 is 0. The van der Waals surface area contributed by atoms with Gasteiger partial charge in [0, 0.05) is 24.2 Å². The lowest BCUT2D eigenvalue weighted by Crippen LogP contribution is -2.23. The number of aliphatic imine (C=N–C) groups is 1. The van der Waals surface area contributed by atoms with Crippen molar-refractivity contribution in [3.8, 4) is 0 Å². The van der Waals surface area contributed by atoms with E-state index in [0.717, 1.165) is 5.56 Å². The van der Waals surface area contributed by atoms with Crippen LogP contribution in [-0.4, -0.2) is 12.1 Å². The standard InChI is InChI=1S/C11H11N3O/c12-11(15)9-4-2-1-3-8(9)10-7-13-5-6-14-10/h1-7,10,14H,(H2,12,15). The predicted molar refractivity (Wildman–Crippen MR) is 58.5 cm³/mol. The van der Waals surface area contributed by atoms with E-state index in [-0.39, 0.29) is 6.04 Å². The first-order chi connectivity index (χ1) is 7.29. The summed E-state index contributed by atoms with van der Waals surface area (Å²) in [6.07, 6.45) is 5.13. The van der Waals surface area contributed by atoms with Crippen LogP contribution in [0.5, 0.6) is 0 Å². The van der Waals surface area contributed by atoms with Crippen molar-refractivity contribution < 1.29 is 4.79 Å². The topological polar surface area (TPSA) is 67.5 Å². The smallest absolute Gasteiger partial charge is 0.249 e. The summed E-state index contributed by atoms with van der Waals surface area (Å²) in [6.45, 7) is 0. The highest BCUT2D eigenvalue weighted by atomic mass is 16.1. The first kappa shape index (κ1) is 9.45. The molecule has 1 heterocycles. The molecule has 4 nitrogen and oxygen atoms in total. The highest BCUT2D eigenvalue weighted by molar-refractivity contribution is 5.95. The first-order valence-corrected chi connectivity index (χ1v) is 4.62. The van der Waals surface area contributed by atoms with E-state index in [1.165, 1.54) is 0 Å². The summed E-state index contributed by atoms with van der Waals surface area (Å²) in [4.78, 5) is 15.2. The van der Waals surface area contributed by atoms with Gasteiger partial charge in [-0.05, 0) is 11.6 Å². The van der Waals surface area contributed by atoms with Crippen LogP contribution in [0.4, 0.5) is 0 Å². The van der Waals surface area contributed by atoms with Gasteiger partial charge in [0.05, 0.1) is 6.04 Å². The van der Waals surface area contributed by atoms with Crippen molar-refractivity contribution >= 4 is 12.1 Å². The highest BCUT2D eigenvalue weighted by Crippen LogP contribution is 2.17. The van der Waals surface area contributed by atoms with Crippen molar-refractivity contribution in [1.29, 1.82) is 0 Å². The average Bonchev–Trinajstić information content (AvgIpc) is 2.30. The molecule has 0 saturated heterocycles. The van der Waals surface area contributed by atoms with Crippen molar-refractivity contribution in [2.45, 2.75) is 6.04 Å². The van der Waals surface area contributed by atoms with Crippen molar-refractivity contribution in [3.05, 3.63) is 47.8 Å². The third kappa shape index (κ3) is 1.88. The molecule has 1 aliphatic heterocycles. The third-order valence-corrected chi connectivity index (χ3v) is 2.23. The summed E-state index contributed by atoms with van der Waals surface area (Å²) in [5.74, 6) is -0.421. The molecule has 76 valence electrons. The Kier molecular flexibility index (Phi) is 2.49. The Morgan fingerprint density at radius 1 is 1.40 bits per heavy atom. The molecule has 0 bridgehead atoms. The fraction of sp³-hybridized carbons (Fsp3) is 0.0909. The van der Waals surface area contributed by atoms with E-state index >= 15 is 0 Å². The number of amides is 1. The second-order valence-corrected chi connectivity index (χ2v) is 3.21. The van der Waals surface area contributed by atoms with Crippen molar-refractivity contribution in [2.24, 2.45) is 10.7 Å². The minimum Gasteiger partial charge on any atom is -0.378 e. The summed E-state index contributed by atoms with van der Waals surface area (Å²) in [6, 6.07) is 7.16. The number of carbonyl (C=O) groups is 1. The Bertz CT molecular complexity index is 437. The Hall–Kier alpha value is -2.10. The molecule has 0 fully saturated rings. The van der Waals surface area contributed by atoms with Gasteiger partial charge in [0.2, 0.25) is 5.91 Å². The largest absolute Gasteiger partial charge is 0.378 e. The van der Waals surface area contributed by atoms with Gasteiger partial charge in [-0.1, -0.05) is 18.2 Å². The van der Waals surface area contributed by atoms with Gasteiger partial charge >= 0.3 is 0 Å². The molecule has 15 heavy (non-hydrogen) atoms. The fourth-order valence-electron chi connectivity index (χ4n) is 1.53. The van der Waals surface area contributed by atoms with Crippen molar-refractivity contribution in [2.75, 3.05) is 0 Å². The zero-order valence-corrected chi connectivity index (χ0v) is 8.05. The van der Waals surface area contributed by atoms with E-state index in [2.05, 4.69) is 10.3 Å². The van der Waals surface area contributed by atoms with Crippen LogP contribution < -0.4 is 11.1 Å². The van der Waals surface area contributed by atoms with Crippen LogP contribution in [0.15, 0.2) is 41.7 Å². The lowest BCUT2D eigenvalue weighted by molar-refractivity contribution is 0.0999. The van der Waals surface area contributed by atoms with Crippen LogP contribution in [0.3, 0.4) is 0 Å². The summed E-state index contributed by atoms with van der Waals surface area (Å²) in [5, 5.41) is 3.09. The van der Waals surface area contributed by atoms with Gasteiger partial charge in [0.1, 0.15) is 0 Å². The zero-order valence-electron chi connectivity index (χ0n) is 8.05. The van der Waals surface area contributed by atoms with E-state index in [0.29, 0.717) is 5.56 Å². The molecule has 1 aromatic carbocycles. The van der Waals surface area contributed by atoms with Gasteiger partial charge in [-0.3, -0.25) is 9.79 Å². The first-order valence-electron chi connectivity index (χ1n) is 4.62. The van der Waals surface area contributed by atoms with Gasteiger partial charge in [0.25, 0.3) is 0 Å². The molecular weight excluding hydrogens is 190 g/mol. The van der Waals surface area contributed by atoms with Crippen LogP contribution in [0.25, 0.3) is 0 Å². The molecule has 1 aromatic rings. The lowest BCUT2D eigenvalue weighted by Gasteiger charge is -2.17. The number of nitrogens with two attached hydrogens (primary N) is 1. The Morgan fingerprint density at radius 3 is 2.87 bits per heavy atom. The molecule has 4 heteroatoms. The minimum atomic E-state index is -0.421. The summed E-state index contributed by atoms with van der Waals surface area (Å²) >= 11 is 0. The number of carbonyl (C=O) groups excluding carboxylic acids is 1. The van der Waals surface area contributed by atoms with E-state index in [1.807, 2.05) is 12.1 Å². The molecule has 2 rings (SSSR count). The SMILES string of the molecule is NC(=O)c1ccccc1C1C=NC=CN1. The van der Waals surface area contributed by atoms with Crippen LogP contribution in [-0.2, 0) is 0 Å². The normalized spacial score (nSPS) is 18.5. The van der Waals surface area contributed by atoms with Crippen LogP contribution in [0.1, 0.15) is 22.0 Å². The summed E-state index contributed by atoms with van der Waals surface area (Å²) in [7, 11) is 0. The Morgan fingerprint density at radius 2 is 2.20 bits per heavy atom. The number of benzene rings is 1. The molecule has 0 spiro atoms. The molecule has 0 radical (unpaired) electrons. The molecule has 0 aliphatic carbocycles. The van der Waals surface area contributed by atoms with Gasteiger partial charge in [-0.15, -0.1) is 0 Å². The maximum atomic E-state index is 11.2. The second-order valence-electron chi connectivity index (χ2n) is 3.21. The van der Waals surface area contributed by atoms with Gasteiger partial charge in [-0.25, -0.2) is 0 Å². The van der Waals surface area contributed by atoms with E-state index < -0.39 is 5.91 Å². The fourth-order valence-corrected chi connectivity index (χ4v) is 1.53. The maximum Gasteiger partial charge on any atom is 0.249 e. The monoisotopic (exact) mass is 201 g/mol. The molecule has 1 unspecified atom stereocenters. The lowest BCUT2D eigenvalue weighted by atomic mass is 10.0. The van der Waals surface area contributed by atoms with Gasteiger partial charge in [0.15, 0.2) is 0 Å². The summed E-state index contributed by atoms with van der Waals surface area (Å²) in [5.41, 5.74) is 6.66. The highest BCUT2D eigenvalue weighted by Gasteiger charge is 2.15. The van der Waals surface area contributed by atoms with Crippen molar-refractivity contribution in [3.63, 3.8) is 0 Å². The zero-order chi connectivity index (χ0) is 10.7. The number of primary amides is 1. The Balaban J connectivity index is 2.39. The van der Waals surface area contributed by atoms with Gasteiger partial charge < -0.3 is 11.1 Å². The molecule has 1 atom stereocenters. The molecule has 0 aromatic heterocycles. The number of hydrogen-bond acceptors (Lipinski definition) is 3. The molecule has 3 N–H and O–H groups in total. The van der Waals surface area contributed by atoms with Crippen LogP contribution >= 0.6 is 0 Å². The number of nitrogens with zero attached hydrogens (tertiary/aromatic N) is 1. The van der Waals surface area contributed by atoms with Crippen LogP contribution in [0, 0.1) is 0 Å². The average molecular weight is 201 g/mol. The van der Waals surface area contributed by atoms with Gasteiger partial charge in [-0.2, -0.15) is 0 Å². The third-order valence-electron chi connectivity index (χ3n) is 2.23. The Labute approximate surface area is 87.5 Å². The quantitative estimate of drug-likeness (QED) is 0.748. The molecular formula is C11H11N3O.